The summed E-state index contributed by atoms with van der Waals surface area (Å²) in [5.74, 6) is 1.67. The van der Waals surface area contributed by atoms with Gasteiger partial charge in [0.2, 0.25) is 0 Å². The summed E-state index contributed by atoms with van der Waals surface area (Å²) in [6.45, 7) is 9.77. The summed E-state index contributed by atoms with van der Waals surface area (Å²) < 4.78 is 5.32. The van der Waals surface area contributed by atoms with E-state index < -0.39 is 0 Å². The molecule has 0 heterocycles. The van der Waals surface area contributed by atoms with Crippen molar-refractivity contribution < 1.29 is 9.53 Å². The van der Waals surface area contributed by atoms with Gasteiger partial charge in [0.25, 0.3) is 0 Å². The van der Waals surface area contributed by atoms with Gasteiger partial charge in [0.15, 0.2) is 0 Å². The van der Waals surface area contributed by atoms with Crippen molar-refractivity contribution in [3.63, 3.8) is 0 Å². The van der Waals surface area contributed by atoms with E-state index in [1.807, 2.05) is 0 Å². The zero-order valence-corrected chi connectivity index (χ0v) is 17.1. The molecule has 0 unspecified atom stereocenters. The van der Waals surface area contributed by atoms with Gasteiger partial charge in [0.05, 0.1) is 6.61 Å². The van der Waals surface area contributed by atoms with E-state index in [4.69, 9.17) is 4.74 Å². The van der Waals surface area contributed by atoms with Crippen LogP contribution in [0.4, 0.5) is 0 Å². The lowest BCUT2D eigenvalue weighted by molar-refractivity contribution is -0.143. The van der Waals surface area contributed by atoms with Gasteiger partial charge in [-0.05, 0) is 24.7 Å². The molecule has 0 bridgehead atoms. The van der Waals surface area contributed by atoms with Crippen molar-refractivity contribution in [3.05, 3.63) is 0 Å². The minimum Gasteiger partial charge on any atom is -0.466 e. The van der Waals surface area contributed by atoms with E-state index in [9.17, 15) is 4.79 Å². The van der Waals surface area contributed by atoms with Crippen molar-refractivity contribution in [1.82, 2.24) is 0 Å². The van der Waals surface area contributed by atoms with Gasteiger partial charge in [-0.1, -0.05) is 98.3 Å². The Balaban J connectivity index is 3.18. The molecule has 0 aromatic heterocycles. The van der Waals surface area contributed by atoms with Gasteiger partial charge in [-0.2, -0.15) is 0 Å². The predicted molar refractivity (Wildman–Crippen MR) is 105 cm³/mol. The molecule has 2 nitrogen and oxygen atoms in total. The largest absolute Gasteiger partial charge is 0.466 e. The normalized spacial score (nSPS) is 11.4. The average Bonchev–Trinajstić information content (AvgIpc) is 2.51. The van der Waals surface area contributed by atoms with Crippen LogP contribution in [0.25, 0.3) is 0 Å². The Morgan fingerprint density at radius 3 is 1.54 bits per heavy atom. The van der Waals surface area contributed by atoms with E-state index in [2.05, 4.69) is 27.7 Å². The van der Waals surface area contributed by atoms with Crippen molar-refractivity contribution in [1.29, 1.82) is 0 Å². The van der Waals surface area contributed by atoms with Gasteiger partial charge in [-0.3, -0.25) is 4.79 Å². The maximum absolute atomic E-state index is 11.6. The van der Waals surface area contributed by atoms with Crippen molar-refractivity contribution in [2.45, 2.75) is 118 Å². The quantitative estimate of drug-likeness (QED) is 0.205. The van der Waals surface area contributed by atoms with Gasteiger partial charge in [-0.25, -0.2) is 0 Å². The second-order valence-corrected chi connectivity index (χ2v) is 8.22. The van der Waals surface area contributed by atoms with Gasteiger partial charge < -0.3 is 4.74 Å². The number of hydrogen-bond donors (Lipinski definition) is 0. The monoisotopic (exact) mass is 340 g/mol. The van der Waals surface area contributed by atoms with Crippen molar-refractivity contribution in [2.24, 2.45) is 11.8 Å². The van der Waals surface area contributed by atoms with Crippen LogP contribution >= 0.6 is 0 Å². The number of unbranched alkanes of at least 4 members (excludes halogenated alkanes) is 9. The third kappa shape index (κ3) is 19.5. The van der Waals surface area contributed by atoms with E-state index in [1.165, 1.54) is 70.6 Å². The molecule has 0 aliphatic rings. The molecule has 0 rings (SSSR count). The Kier molecular flexibility index (Phi) is 16.9. The smallest absolute Gasteiger partial charge is 0.305 e. The van der Waals surface area contributed by atoms with Crippen LogP contribution in [0.5, 0.6) is 0 Å². The van der Waals surface area contributed by atoms with Gasteiger partial charge in [-0.15, -0.1) is 0 Å². The van der Waals surface area contributed by atoms with Crippen molar-refractivity contribution >= 4 is 5.97 Å². The third-order valence-corrected chi connectivity index (χ3v) is 4.60. The van der Waals surface area contributed by atoms with Crippen LogP contribution in [0.2, 0.25) is 0 Å². The number of ether oxygens (including phenoxy) is 1. The third-order valence-electron chi connectivity index (χ3n) is 4.60. The summed E-state index contributed by atoms with van der Waals surface area (Å²) in [7, 11) is 0. The van der Waals surface area contributed by atoms with Crippen LogP contribution < -0.4 is 0 Å². The van der Waals surface area contributed by atoms with Crippen LogP contribution in [0.15, 0.2) is 0 Å². The number of hydrogen-bond acceptors (Lipinski definition) is 2. The number of carbonyl (C=O) groups excluding carboxylic acids is 1. The summed E-state index contributed by atoms with van der Waals surface area (Å²) in [4.78, 5) is 11.6. The Morgan fingerprint density at radius 2 is 1.04 bits per heavy atom. The zero-order valence-electron chi connectivity index (χ0n) is 17.1. The van der Waals surface area contributed by atoms with Crippen LogP contribution in [0.3, 0.4) is 0 Å². The van der Waals surface area contributed by atoms with Crippen molar-refractivity contribution in [2.75, 3.05) is 6.61 Å². The molecular formula is C22H44O2. The zero-order chi connectivity index (χ0) is 18.0. The van der Waals surface area contributed by atoms with E-state index >= 15 is 0 Å². The summed E-state index contributed by atoms with van der Waals surface area (Å²) in [5.41, 5.74) is 0. The number of rotatable bonds is 17. The fourth-order valence-corrected chi connectivity index (χ4v) is 2.97. The van der Waals surface area contributed by atoms with Gasteiger partial charge in [0, 0.05) is 6.42 Å². The fourth-order valence-electron chi connectivity index (χ4n) is 2.97. The molecule has 0 radical (unpaired) electrons. The lowest BCUT2D eigenvalue weighted by Gasteiger charge is -2.06. The first-order chi connectivity index (χ1) is 11.5. The maximum atomic E-state index is 11.6. The molecule has 0 aromatic rings. The molecular weight excluding hydrogens is 296 g/mol. The van der Waals surface area contributed by atoms with Crippen LogP contribution in [0, 0.1) is 11.8 Å². The van der Waals surface area contributed by atoms with Crippen molar-refractivity contribution in [3.8, 4) is 0 Å². The molecule has 0 amide bonds. The lowest BCUT2D eigenvalue weighted by atomic mass is 10.0. The molecule has 0 spiro atoms. The highest BCUT2D eigenvalue weighted by molar-refractivity contribution is 5.69. The van der Waals surface area contributed by atoms with E-state index in [0.717, 1.165) is 24.7 Å². The van der Waals surface area contributed by atoms with E-state index in [1.54, 1.807) is 0 Å². The highest BCUT2D eigenvalue weighted by Gasteiger charge is 2.03. The summed E-state index contributed by atoms with van der Waals surface area (Å²) in [6, 6.07) is 0. The molecule has 0 fully saturated rings. The summed E-state index contributed by atoms with van der Waals surface area (Å²) >= 11 is 0. The summed E-state index contributed by atoms with van der Waals surface area (Å²) in [6.07, 6.45) is 16.9. The lowest BCUT2D eigenvalue weighted by Crippen LogP contribution is -2.05. The highest BCUT2D eigenvalue weighted by atomic mass is 16.5. The first-order valence-electron chi connectivity index (χ1n) is 10.7. The second-order valence-electron chi connectivity index (χ2n) is 8.22. The van der Waals surface area contributed by atoms with Crippen LogP contribution in [-0.2, 0) is 9.53 Å². The van der Waals surface area contributed by atoms with E-state index in [0.29, 0.717) is 13.0 Å². The molecule has 0 N–H and O–H groups in total. The Bertz CT molecular complexity index is 271. The Labute approximate surface area is 152 Å². The molecule has 24 heavy (non-hydrogen) atoms. The highest BCUT2D eigenvalue weighted by Crippen LogP contribution is 2.13. The molecule has 2 heteroatoms. The van der Waals surface area contributed by atoms with Gasteiger partial charge >= 0.3 is 5.97 Å². The van der Waals surface area contributed by atoms with Crippen LogP contribution in [-0.4, -0.2) is 12.6 Å². The average molecular weight is 341 g/mol. The number of carbonyl (C=O) groups is 1. The molecule has 0 saturated carbocycles. The summed E-state index contributed by atoms with van der Waals surface area (Å²) in [5, 5.41) is 0. The minimum absolute atomic E-state index is 0.00844. The molecule has 0 atom stereocenters. The first-order valence-corrected chi connectivity index (χ1v) is 10.7. The molecule has 0 saturated heterocycles. The SMILES string of the molecule is CC(C)CCCCCCCCOC(=O)CCCCCCCC(C)C. The molecule has 0 aromatic carbocycles. The van der Waals surface area contributed by atoms with Crippen LogP contribution in [0.1, 0.15) is 118 Å². The van der Waals surface area contributed by atoms with E-state index in [-0.39, 0.29) is 5.97 Å². The predicted octanol–water partition coefficient (Wildman–Crippen LogP) is 7.30. The maximum Gasteiger partial charge on any atom is 0.305 e. The first kappa shape index (κ1) is 23.5. The topological polar surface area (TPSA) is 26.3 Å². The standard InChI is InChI=1S/C22H44O2/c1-20(2)16-12-8-5-6-11-15-19-24-22(23)18-14-10-7-9-13-17-21(3)4/h20-21H,5-19H2,1-4H3. The molecule has 0 aliphatic carbocycles. The Hall–Kier alpha value is -0.530. The van der Waals surface area contributed by atoms with Gasteiger partial charge in [0.1, 0.15) is 0 Å². The molecule has 0 aliphatic heterocycles. The second kappa shape index (κ2) is 17.3. The number of esters is 1. The Morgan fingerprint density at radius 1 is 0.625 bits per heavy atom. The minimum atomic E-state index is 0.00844. The fraction of sp³-hybridized carbons (Fsp3) is 0.955. The molecule has 144 valence electrons.